The van der Waals surface area contributed by atoms with Gasteiger partial charge in [0.1, 0.15) is 5.82 Å². The molecule has 0 saturated heterocycles. The van der Waals surface area contributed by atoms with E-state index in [9.17, 15) is 0 Å². The minimum atomic E-state index is 0.700. The average molecular weight is 254 g/mol. The van der Waals surface area contributed by atoms with Gasteiger partial charge in [0, 0.05) is 19.6 Å². The maximum Gasteiger partial charge on any atom is 0.126 e. The van der Waals surface area contributed by atoms with E-state index in [1.165, 1.54) is 25.7 Å². The molecule has 2 rings (SSSR count). The molecule has 3 nitrogen and oxygen atoms in total. The highest BCUT2D eigenvalue weighted by Crippen LogP contribution is 2.25. The van der Waals surface area contributed by atoms with Crippen LogP contribution in [0.4, 0.5) is 5.82 Å². The van der Waals surface area contributed by atoms with Crippen molar-refractivity contribution in [3.05, 3.63) is 22.8 Å². The normalized spacial score (nSPS) is 16.7. The van der Waals surface area contributed by atoms with E-state index >= 15 is 0 Å². The van der Waals surface area contributed by atoms with Crippen LogP contribution in [0.15, 0.2) is 12.1 Å². The molecular formula is C13H20ClN3. The zero-order valence-corrected chi connectivity index (χ0v) is 11.3. The van der Waals surface area contributed by atoms with Crippen LogP contribution < -0.4 is 5.32 Å². The molecule has 1 aromatic rings. The quantitative estimate of drug-likeness (QED) is 0.894. The van der Waals surface area contributed by atoms with Crippen LogP contribution in [-0.4, -0.2) is 30.0 Å². The highest BCUT2D eigenvalue weighted by Gasteiger charge is 2.20. The fourth-order valence-electron chi connectivity index (χ4n) is 2.44. The summed E-state index contributed by atoms with van der Waals surface area (Å²) in [5.41, 5.74) is 0.966. The van der Waals surface area contributed by atoms with Gasteiger partial charge in [0.2, 0.25) is 0 Å². The summed E-state index contributed by atoms with van der Waals surface area (Å²) in [6.07, 6.45) is 5.32. The molecule has 0 aromatic carbocycles. The van der Waals surface area contributed by atoms with Crippen molar-refractivity contribution in [2.45, 2.75) is 38.3 Å². The Morgan fingerprint density at radius 1 is 1.41 bits per heavy atom. The maximum atomic E-state index is 6.19. The molecule has 0 amide bonds. The van der Waals surface area contributed by atoms with Crippen molar-refractivity contribution in [1.82, 2.24) is 9.88 Å². The molecule has 94 valence electrons. The van der Waals surface area contributed by atoms with Gasteiger partial charge in [0.15, 0.2) is 0 Å². The highest BCUT2D eigenvalue weighted by molar-refractivity contribution is 6.31. The first-order valence-electron chi connectivity index (χ1n) is 6.24. The van der Waals surface area contributed by atoms with Crippen LogP contribution in [-0.2, 0) is 6.54 Å². The second kappa shape index (κ2) is 5.69. The Hall–Kier alpha value is -0.800. The van der Waals surface area contributed by atoms with Crippen LogP contribution >= 0.6 is 11.6 Å². The lowest BCUT2D eigenvalue weighted by molar-refractivity contribution is 0.235. The topological polar surface area (TPSA) is 28.2 Å². The molecule has 0 aliphatic heterocycles. The summed E-state index contributed by atoms with van der Waals surface area (Å²) in [5, 5.41) is 3.81. The summed E-state index contributed by atoms with van der Waals surface area (Å²) in [7, 11) is 4.04. The number of hydrogen-bond donors (Lipinski definition) is 1. The van der Waals surface area contributed by atoms with Crippen molar-refractivity contribution >= 4 is 17.4 Å². The number of nitrogens with zero attached hydrogens (tertiary/aromatic N) is 2. The van der Waals surface area contributed by atoms with E-state index in [4.69, 9.17) is 11.6 Å². The van der Waals surface area contributed by atoms with E-state index in [0.717, 1.165) is 23.1 Å². The molecule has 1 aliphatic rings. The molecule has 0 radical (unpaired) electrons. The molecule has 1 fully saturated rings. The van der Waals surface area contributed by atoms with E-state index < -0.39 is 0 Å². The average Bonchev–Trinajstić information content (AvgIpc) is 2.85. The summed E-state index contributed by atoms with van der Waals surface area (Å²) in [6.45, 7) is 0.832. The molecular weight excluding hydrogens is 234 g/mol. The van der Waals surface area contributed by atoms with Gasteiger partial charge in [-0.1, -0.05) is 24.4 Å². The summed E-state index contributed by atoms with van der Waals surface area (Å²) in [4.78, 5) is 6.89. The molecule has 0 spiro atoms. The minimum Gasteiger partial charge on any atom is -0.373 e. The monoisotopic (exact) mass is 253 g/mol. The molecule has 1 aliphatic carbocycles. The second-order valence-corrected chi connectivity index (χ2v) is 5.14. The lowest BCUT2D eigenvalue weighted by Gasteiger charge is -2.24. The Balaban J connectivity index is 2.06. The van der Waals surface area contributed by atoms with Crippen LogP contribution in [0, 0.1) is 0 Å². The fourth-order valence-corrected chi connectivity index (χ4v) is 2.61. The van der Waals surface area contributed by atoms with Crippen LogP contribution in [0.25, 0.3) is 0 Å². The number of halogens is 1. The molecule has 1 heterocycles. The summed E-state index contributed by atoms with van der Waals surface area (Å²) in [5.74, 6) is 0.879. The van der Waals surface area contributed by atoms with Gasteiger partial charge in [0.05, 0.1) is 10.7 Å². The van der Waals surface area contributed by atoms with Gasteiger partial charge in [-0.2, -0.15) is 0 Å². The first-order chi connectivity index (χ1) is 8.20. The molecule has 1 N–H and O–H groups in total. The van der Waals surface area contributed by atoms with E-state index in [-0.39, 0.29) is 0 Å². The van der Waals surface area contributed by atoms with Gasteiger partial charge in [0.25, 0.3) is 0 Å². The van der Waals surface area contributed by atoms with Gasteiger partial charge < -0.3 is 5.32 Å². The number of hydrogen-bond acceptors (Lipinski definition) is 3. The predicted molar refractivity (Wildman–Crippen MR) is 72.5 cm³/mol. The first-order valence-corrected chi connectivity index (χ1v) is 6.62. The van der Waals surface area contributed by atoms with Crippen molar-refractivity contribution < 1.29 is 0 Å². The minimum absolute atomic E-state index is 0.700. The van der Waals surface area contributed by atoms with Gasteiger partial charge in [-0.25, -0.2) is 4.98 Å². The third-order valence-corrected chi connectivity index (χ3v) is 3.87. The molecule has 17 heavy (non-hydrogen) atoms. The molecule has 1 saturated carbocycles. The summed E-state index contributed by atoms with van der Waals surface area (Å²) >= 11 is 6.19. The lowest BCUT2D eigenvalue weighted by atomic mass is 10.2. The zero-order valence-electron chi connectivity index (χ0n) is 10.5. The Morgan fingerprint density at radius 2 is 2.12 bits per heavy atom. The van der Waals surface area contributed by atoms with Gasteiger partial charge in [-0.05, 0) is 32.0 Å². The number of aromatic nitrogens is 1. The van der Waals surface area contributed by atoms with Crippen molar-refractivity contribution in [2.24, 2.45) is 0 Å². The number of pyridine rings is 1. The van der Waals surface area contributed by atoms with Crippen molar-refractivity contribution in [1.29, 1.82) is 0 Å². The predicted octanol–water partition coefficient (Wildman–Crippen LogP) is 3.15. The van der Waals surface area contributed by atoms with E-state index in [2.05, 4.69) is 22.2 Å². The molecule has 1 aromatic heterocycles. The Kier molecular flexibility index (Phi) is 4.24. The molecule has 0 atom stereocenters. The van der Waals surface area contributed by atoms with Crippen LogP contribution in [0.3, 0.4) is 0 Å². The van der Waals surface area contributed by atoms with E-state index in [0.29, 0.717) is 6.04 Å². The number of nitrogens with one attached hydrogen (secondary N) is 1. The fraction of sp³-hybridized carbons (Fsp3) is 0.615. The van der Waals surface area contributed by atoms with Crippen molar-refractivity contribution in [3.63, 3.8) is 0 Å². The highest BCUT2D eigenvalue weighted by atomic mass is 35.5. The standard InChI is InChI=1S/C13H20ClN3/c1-15-13-8-7-11(14)12(16-13)9-17(2)10-5-3-4-6-10/h7-8,10H,3-6,9H2,1-2H3,(H,15,16). The van der Waals surface area contributed by atoms with Crippen LogP contribution in [0.2, 0.25) is 5.02 Å². The van der Waals surface area contributed by atoms with Crippen molar-refractivity contribution in [2.75, 3.05) is 19.4 Å². The molecule has 0 bridgehead atoms. The Labute approximate surface area is 108 Å². The third-order valence-electron chi connectivity index (χ3n) is 3.52. The summed E-state index contributed by atoms with van der Waals surface area (Å²) in [6, 6.07) is 4.52. The third kappa shape index (κ3) is 3.11. The largest absolute Gasteiger partial charge is 0.373 e. The summed E-state index contributed by atoms with van der Waals surface area (Å²) < 4.78 is 0. The van der Waals surface area contributed by atoms with E-state index in [1.807, 2.05) is 19.2 Å². The van der Waals surface area contributed by atoms with Crippen LogP contribution in [0.1, 0.15) is 31.4 Å². The number of rotatable bonds is 4. The van der Waals surface area contributed by atoms with Gasteiger partial charge >= 0.3 is 0 Å². The van der Waals surface area contributed by atoms with E-state index in [1.54, 1.807) is 0 Å². The van der Waals surface area contributed by atoms with Crippen molar-refractivity contribution in [3.8, 4) is 0 Å². The van der Waals surface area contributed by atoms with Gasteiger partial charge in [-0.3, -0.25) is 4.90 Å². The zero-order chi connectivity index (χ0) is 12.3. The smallest absolute Gasteiger partial charge is 0.126 e. The molecule has 4 heteroatoms. The van der Waals surface area contributed by atoms with Crippen LogP contribution in [0.5, 0.6) is 0 Å². The Bertz CT molecular complexity index is 375. The molecule has 0 unspecified atom stereocenters. The van der Waals surface area contributed by atoms with Gasteiger partial charge in [-0.15, -0.1) is 0 Å². The SMILES string of the molecule is CNc1ccc(Cl)c(CN(C)C2CCCC2)n1. The lowest BCUT2D eigenvalue weighted by Crippen LogP contribution is -2.29. The number of anilines is 1. The maximum absolute atomic E-state index is 6.19. The first kappa shape index (κ1) is 12.7. The Morgan fingerprint density at radius 3 is 2.76 bits per heavy atom. The second-order valence-electron chi connectivity index (χ2n) is 4.73.